The highest BCUT2D eigenvalue weighted by molar-refractivity contribution is 7.89. The third kappa shape index (κ3) is 4.83. The topological polar surface area (TPSA) is 123 Å². The molecule has 9 nitrogen and oxygen atoms in total. The Morgan fingerprint density at radius 1 is 1.12 bits per heavy atom. The summed E-state index contributed by atoms with van der Waals surface area (Å²) in [5.74, 6) is -3.14. The average molecular weight is 481 g/mol. The minimum absolute atomic E-state index is 0.0213. The van der Waals surface area contributed by atoms with E-state index in [1.165, 1.54) is 12.1 Å². The number of nitrogens with one attached hydrogen (secondary N) is 1. The van der Waals surface area contributed by atoms with Crippen LogP contribution in [-0.2, 0) is 24.3 Å². The van der Waals surface area contributed by atoms with Gasteiger partial charge in [0.25, 0.3) is 0 Å². The number of hydrogen-bond acceptors (Lipinski definition) is 7. The van der Waals surface area contributed by atoms with E-state index in [0.29, 0.717) is 17.8 Å². The second kappa shape index (κ2) is 9.84. The van der Waals surface area contributed by atoms with Gasteiger partial charge in [-0.05, 0) is 45.7 Å². The van der Waals surface area contributed by atoms with Gasteiger partial charge in [-0.1, -0.05) is 12.1 Å². The molecule has 33 heavy (non-hydrogen) atoms. The molecule has 0 saturated carbocycles. The van der Waals surface area contributed by atoms with Gasteiger partial charge < -0.3 is 14.5 Å². The molecule has 0 aliphatic carbocycles. The van der Waals surface area contributed by atoms with Gasteiger partial charge in [0.1, 0.15) is 16.8 Å². The maximum Gasteiger partial charge on any atom is 0.340 e. The van der Waals surface area contributed by atoms with Gasteiger partial charge in [-0.3, -0.25) is 9.59 Å². The van der Waals surface area contributed by atoms with Crippen LogP contribution in [0.4, 0.5) is 4.39 Å². The molecule has 2 aromatic rings. The van der Waals surface area contributed by atoms with Crippen LogP contribution >= 0.6 is 0 Å². The number of nitrogens with zero attached hydrogens (tertiary/aromatic N) is 1. The third-order valence-corrected chi connectivity index (χ3v) is 7.32. The quantitative estimate of drug-likeness (QED) is 0.455. The van der Waals surface area contributed by atoms with Crippen LogP contribution in [0.25, 0.3) is 0 Å². The predicted octanol–water partition coefficient (Wildman–Crippen LogP) is 2.53. The third-order valence-electron chi connectivity index (χ3n) is 5.38. The molecule has 0 amide bonds. The molecule has 1 aliphatic heterocycles. The van der Waals surface area contributed by atoms with Crippen LogP contribution in [0.1, 0.15) is 51.9 Å². The largest absolute Gasteiger partial charge is 0.462 e. The first-order valence-corrected chi connectivity index (χ1v) is 11.9. The van der Waals surface area contributed by atoms with Crippen molar-refractivity contribution in [2.45, 2.75) is 44.6 Å². The Balaban J connectivity index is 1.76. The molecule has 1 aliphatic rings. The summed E-state index contributed by atoms with van der Waals surface area (Å²) in [5, 5.41) is 0. The molecule has 0 unspecified atom stereocenters. The number of carbonyl (C=O) groups excluding carboxylic acids is 3. The number of hydrogen-bond donors (Lipinski definition) is 1. The summed E-state index contributed by atoms with van der Waals surface area (Å²) >= 11 is 0. The first-order chi connectivity index (χ1) is 15.6. The van der Waals surface area contributed by atoms with Crippen molar-refractivity contribution in [3.8, 4) is 0 Å². The maximum absolute atomic E-state index is 14.1. The number of aromatic amines is 1. The van der Waals surface area contributed by atoms with Crippen molar-refractivity contribution in [3.05, 3.63) is 52.6 Å². The summed E-state index contributed by atoms with van der Waals surface area (Å²) in [6.07, 6.45) is 0.557. The number of ether oxygens (including phenoxy) is 2. The van der Waals surface area contributed by atoms with Crippen LogP contribution in [-0.4, -0.2) is 61.2 Å². The smallest absolute Gasteiger partial charge is 0.340 e. The first-order valence-electron chi connectivity index (χ1n) is 10.4. The molecule has 1 aromatic carbocycles. The van der Waals surface area contributed by atoms with E-state index in [1.54, 1.807) is 20.8 Å². The summed E-state index contributed by atoms with van der Waals surface area (Å²) in [4.78, 5) is 40.1. The highest BCUT2D eigenvalue weighted by Gasteiger charge is 2.41. The minimum atomic E-state index is -4.28. The van der Waals surface area contributed by atoms with Crippen LogP contribution in [0.3, 0.4) is 0 Å². The SMILES string of the molecule is CCOC(=O)c1c(C)[nH]c(C)c1C(=O)COC(=O)[C@H]1CCCN1S(=O)(=O)c1ccccc1F. The van der Waals surface area contributed by atoms with E-state index in [0.717, 1.165) is 16.4 Å². The Bertz CT molecular complexity index is 1190. The van der Waals surface area contributed by atoms with Gasteiger partial charge in [-0.2, -0.15) is 4.31 Å². The van der Waals surface area contributed by atoms with Crippen molar-refractivity contribution in [1.82, 2.24) is 9.29 Å². The van der Waals surface area contributed by atoms with Gasteiger partial charge in [0.05, 0.1) is 17.7 Å². The number of Topliss-reactive ketones (excluding diaryl/α,β-unsaturated/α-hetero) is 1. The summed E-state index contributed by atoms with van der Waals surface area (Å²) in [6.45, 7) is 4.31. The number of halogens is 1. The van der Waals surface area contributed by atoms with Crippen molar-refractivity contribution in [2.24, 2.45) is 0 Å². The lowest BCUT2D eigenvalue weighted by Crippen LogP contribution is -2.42. The molecule has 178 valence electrons. The molecule has 3 rings (SSSR count). The van der Waals surface area contributed by atoms with E-state index in [4.69, 9.17) is 9.47 Å². The highest BCUT2D eigenvalue weighted by atomic mass is 32.2. The van der Waals surface area contributed by atoms with Crippen molar-refractivity contribution in [3.63, 3.8) is 0 Å². The van der Waals surface area contributed by atoms with Gasteiger partial charge in [-0.15, -0.1) is 0 Å². The normalized spacial score (nSPS) is 16.5. The molecule has 11 heteroatoms. The van der Waals surface area contributed by atoms with Crippen LogP contribution in [0.2, 0.25) is 0 Å². The zero-order chi connectivity index (χ0) is 24.3. The van der Waals surface area contributed by atoms with Crippen LogP contribution in [0, 0.1) is 19.7 Å². The van der Waals surface area contributed by atoms with Crippen LogP contribution in [0.15, 0.2) is 29.2 Å². The monoisotopic (exact) mass is 480 g/mol. The molecule has 1 saturated heterocycles. The van der Waals surface area contributed by atoms with Gasteiger partial charge in [0, 0.05) is 17.9 Å². The Morgan fingerprint density at radius 2 is 1.79 bits per heavy atom. The van der Waals surface area contributed by atoms with E-state index in [-0.39, 0.29) is 30.7 Å². The molecule has 0 radical (unpaired) electrons. The number of sulfonamides is 1. The van der Waals surface area contributed by atoms with Crippen molar-refractivity contribution >= 4 is 27.7 Å². The van der Waals surface area contributed by atoms with Crippen molar-refractivity contribution in [2.75, 3.05) is 19.8 Å². The molecule has 1 N–H and O–H groups in total. The number of ketones is 1. The Morgan fingerprint density at radius 3 is 2.45 bits per heavy atom. The Hall–Kier alpha value is -3.05. The van der Waals surface area contributed by atoms with E-state index < -0.39 is 51.1 Å². The molecular weight excluding hydrogens is 455 g/mol. The van der Waals surface area contributed by atoms with Gasteiger partial charge in [0.15, 0.2) is 6.61 Å². The fourth-order valence-corrected chi connectivity index (χ4v) is 5.65. The molecule has 0 bridgehead atoms. The van der Waals surface area contributed by atoms with E-state index in [2.05, 4.69) is 4.98 Å². The molecule has 1 fully saturated rings. The first kappa shape index (κ1) is 24.6. The molecule has 1 aromatic heterocycles. The summed E-state index contributed by atoms with van der Waals surface area (Å²) in [6, 6.07) is 3.73. The summed E-state index contributed by atoms with van der Waals surface area (Å²) in [7, 11) is -4.28. The molecular formula is C22H25FN2O7S. The minimum Gasteiger partial charge on any atom is -0.462 e. The second-order valence-electron chi connectivity index (χ2n) is 7.58. The standard InChI is InChI=1S/C22H25FN2O7S/c1-4-31-22(28)20-14(3)24-13(2)19(20)17(26)12-32-21(27)16-9-7-11-25(16)33(29,30)18-10-6-5-8-15(18)23/h5-6,8,10,16,24H,4,7,9,11-12H2,1-3H3/t16-/m1/s1. The zero-order valence-corrected chi connectivity index (χ0v) is 19.3. The van der Waals surface area contributed by atoms with E-state index >= 15 is 0 Å². The predicted molar refractivity (Wildman–Crippen MR) is 115 cm³/mol. The van der Waals surface area contributed by atoms with E-state index in [9.17, 15) is 27.2 Å². The number of aromatic nitrogens is 1. The summed E-state index contributed by atoms with van der Waals surface area (Å²) in [5.41, 5.74) is 0.987. The Kier molecular flexibility index (Phi) is 7.33. The maximum atomic E-state index is 14.1. The number of benzene rings is 1. The Labute approximate surface area is 190 Å². The number of H-pyrrole nitrogens is 1. The molecule has 2 heterocycles. The molecule has 1 atom stereocenters. The fraction of sp³-hybridized carbons (Fsp3) is 0.409. The number of rotatable bonds is 8. The van der Waals surface area contributed by atoms with Crippen molar-refractivity contribution in [1.29, 1.82) is 0 Å². The van der Waals surface area contributed by atoms with Gasteiger partial charge in [-0.25, -0.2) is 17.6 Å². The lowest BCUT2D eigenvalue weighted by molar-refractivity contribution is -0.146. The summed E-state index contributed by atoms with van der Waals surface area (Å²) < 4.78 is 51.0. The number of aryl methyl sites for hydroxylation is 2. The second-order valence-corrected chi connectivity index (χ2v) is 9.44. The zero-order valence-electron chi connectivity index (χ0n) is 18.5. The lowest BCUT2D eigenvalue weighted by atomic mass is 10.1. The number of carbonyl (C=O) groups is 3. The average Bonchev–Trinajstić information content (AvgIpc) is 3.37. The molecule has 0 spiro atoms. The highest BCUT2D eigenvalue weighted by Crippen LogP contribution is 2.28. The fourth-order valence-electron chi connectivity index (χ4n) is 3.94. The lowest BCUT2D eigenvalue weighted by Gasteiger charge is -2.22. The van der Waals surface area contributed by atoms with E-state index in [1.807, 2.05) is 0 Å². The number of esters is 2. The van der Waals surface area contributed by atoms with Crippen molar-refractivity contribution < 1.29 is 36.7 Å². The van der Waals surface area contributed by atoms with Crippen LogP contribution < -0.4 is 0 Å². The van der Waals surface area contributed by atoms with Gasteiger partial charge in [0.2, 0.25) is 15.8 Å². The van der Waals surface area contributed by atoms with Gasteiger partial charge >= 0.3 is 11.9 Å². The van der Waals surface area contributed by atoms with Crippen LogP contribution in [0.5, 0.6) is 0 Å².